The van der Waals surface area contributed by atoms with Gasteiger partial charge >= 0.3 is 5.97 Å². The molecule has 0 amide bonds. The molecule has 14 heteroatoms. The molecule has 0 radical (unpaired) electrons. The average Bonchev–Trinajstić information content (AvgIpc) is 3.63. The van der Waals surface area contributed by atoms with Gasteiger partial charge in [-0.3, -0.25) is 4.79 Å². The predicted octanol–water partition coefficient (Wildman–Crippen LogP) is -0.603. The Hall–Kier alpha value is -1.27. The fourth-order valence-electron chi connectivity index (χ4n) is 11.2. The van der Waals surface area contributed by atoms with Gasteiger partial charge in [-0.25, -0.2) is 0 Å². The van der Waals surface area contributed by atoms with Gasteiger partial charge in [-0.15, -0.1) is 0 Å². The van der Waals surface area contributed by atoms with Crippen LogP contribution in [0.5, 0.6) is 0 Å². The molecule has 0 spiro atoms. The smallest absolute Gasteiger partial charge is 0.310 e. The minimum atomic E-state index is -1.75. The van der Waals surface area contributed by atoms with Crippen LogP contribution in [0.3, 0.4) is 0 Å². The molecular formula is C35H54O14. The molecule has 4 aliphatic carbocycles. The van der Waals surface area contributed by atoms with E-state index in [1.165, 1.54) is 5.57 Å². The van der Waals surface area contributed by atoms with Crippen LogP contribution in [-0.4, -0.2) is 140 Å². The SMILES string of the molecule is CC12CCC(OC3OC(CO)C(O)C(OC4OC(CO)C(O)C(O)C4O)C3O)CC1CCC1C2CCC2(C)/C(=C3/COC(=O)C3)CCC12O. The number of hydrogen-bond donors (Lipinski definition) is 8. The fourth-order valence-corrected chi connectivity index (χ4v) is 11.2. The molecule has 7 fully saturated rings. The number of hydrogen-bond acceptors (Lipinski definition) is 14. The molecule has 3 heterocycles. The minimum absolute atomic E-state index is 0.0210. The second-order valence-electron chi connectivity index (χ2n) is 16.2. The zero-order valence-corrected chi connectivity index (χ0v) is 28.3. The Morgan fingerprint density at radius 2 is 1.47 bits per heavy atom. The Kier molecular flexibility index (Phi) is 9.80. The maximum atomic E-state index is 12.5. The van der Waals surface area contributed by atoms with E-state index in [1.807, 2.05) is 0 Å². The molecular weight excluding hydrogens is 644 g/mol. The summed E-state index contributed by atoms with van der Waals surface area (Å²) in [5.74, 6) is 0.601. The molecule has 49 heavy (non-hydrogen) atoms. The lowest BCUT2D eigenvalue weighted by atomic mass is 9.43. The third-order valence-corrected chi connectivity index (χ3v) is 14.1. The highest BCUT2D eigenvalue weighted by Crippen LogP contribution is 2.69. The summed E-state index contributed by atoms with van der Waals surface area (Å²) >= 11 is 0. The van der Waals surface area contributed by atoms with Crippen molar-refractivity contribution >= 4 is 5.97 Å². The van der Waals surface area contributed by atoms with E-state index in [0.717, 1.165) is 44.1 Å². The Morgan fingerprint density at radius 1 is 0.776 bits per heavy atom. The van der Waals surface area contributed by atoms with E-state index < -0.39 is 80.2 Å². The highest BCUT2D eigenvalue weighted by atomic mass is 16.7. The van der Waals surface area contributed by atoms with Crippen LogP contribution in [0.15, 0.2) is 11.1 Å². The van der Waals surface area contributed by atoms with Gasteiger partial charge in [0.2, 0.25) is 0 Å². The zero-order chi connectivity index (χ0) is 35.0. The largest absolute Gasteiger partial charge is 0.461 e. The van der Waals surface area contributed by atoms with Gasteiger partial charge < -0.3 is 64.5 Å². The van der Waals surface area contributed by atoms with Crippen LogP contribution in [-0.2, 0) is 28.5 Å². The van der Waals surface area contributed by atoms with Crippen molar-refractivity contribution in [2.45, 2.75) is 151 Å². The third-order valence-electron chi connectivity index (χ3n) is 14.1. The molecule has 8 N–H and O–H groups in total. The van der Waals surface area contributed by atoms with Gasteiger partial charge in [0.15, 0.2) is 12.6 Å². The molecule has 14 nitrogen and oxygen atoms in total. The monoisotopic (exact) mass is 698 g/mol. The topological polar surface area (TPSA) is 225 Å². The summed E-state index contributed by atoms with van der Waals surface area (Å²) < 4.78 is 28.7. The van der Waals surface area contributed by atoms with Crippen molar-refractivity contribution in [3.05, 3.63) is 11.1 Å². The number of esters is 1. The number of aliphatic hydroxyl groups is 8. The van der Waals surface area contributed by atoms with E-state index >= 15 is 0 Å². The molecule has 17 unspecified atom stereocenters. The lowest BCUT2D eigenvalue weighted by Crippen LogP contribution is -2.65. The van der Waals surface area contributed by atoms with Crippen LogP contribution in [0, 0.1) is 28.6 Å². The molecule has 3 aliphatic heterocycles. The molecule has 7 aliphatic rings. The maximum absolute atomic E-state index is 12.5. The van der Waals surface area contributed by atoms with Crippen molar-refractivity contribution in [1.29, 1.82) is 0 Å². The molecule has 7 rings (SSSR count). The van der Waals surface area contributed by atoms with Crippen molar-refractivity contribution in [2.24, 2.45) is 28.6 Å². The fraction of sp³-hybridized carbons (Fsp3) is 0.914. The van der Waals surface area contributed by atoms with Gasteiger partial charge in [0.05, 0.1) is 31.3 Å². The number of cyclic esters (lactones) is 1. The standard InChI is InChI=1S/C35H54O14/c1-33-8-5-18(46-32-29(43)30(26(40)23(14-37)48-32)49-31-28(42)27(41)25(39)22(13-36)47-31)12-17(33)3-4-21-20(33)6-9-34(2)19(7-10-35(21,34)44)16-11-24(38)45-15-16/h17-18,20-23,25-32,36-37,39-44H,3-15H2,1-2H3/b19-16+. The maximum Gasteiger partial charge on any atom is 0.310 e. The molecule has 0 aromatic rings. The van der Waals surface area contributed by atoms with E-state index in [9.17, 15) is 45.6 Å². The van der Waals surface area contributed by atoms with Crippen LogP contribution in [0.25, 0.3) is 0 Å². The summed E-state index contributed by atoms with van der Waals surface area (Å²) in [6, 6.07) is 0. The van der Waals surface area contributed by atoms with Crippen molar-refractivity contribution < 1.29 is 69.3 Å². The van der Waals surface area contributed by atoms with Gasteiger partial charge in [-0.05, 0) is 86.5 Å². The summed E-state index contributed by atoms with van der Waals surface area (Å²) in [6.07, 6.45) is -7.54. The second kappa shape index (κ2) is 13.3. The van der Waals surface area contributed by atoms with Gasteiger partial charge in [0, 0.05) is 5.41 Å². The predicted molar refractivity (Wildman–Crippen MR) is 167 cm³/mol. The van der Waals surface area contributed by atoms with E-state index in [0.29, 0.717) is 44.1 Å². The van der Waals surface area contributed by atoms with Gasteiger partial charge in [-0.1, -0.05) is 19.4 Å². The highest BCUT2D eigenvalue weighted by molar-refractivity contribution is 5.76. The van der Waals surface area contributed by atoms with E-state index in [-0.39, 0.29) is 28.8 Å². The first-order valence-corrected chi connectivity index (χ1v) is 18.1. The lowest BCUT2D eigenvalue weighted by Gasteiger charge is -2.63. The van der Waals surface area contributed by atoms with Crippen LogP contribution in [0.1, 0.15) is 78.1 Å². The molecule has 0 aromatic heterocycles. The van der Waals surface area contributed by atoms with Gasteiger partial charge in [0.1, 0.15) is 55.4 Å². The number of fused-ring (bicyclic) bond motifs is 5. The molecule has 17 atom stereocenters. The Bertz CT molecular complexity index is 1280. The van der Waals surface area contributed by atoms with E-state index in [2.05, 4.69) is 13.8 Å². The van der Waals surface area contributed by atoms with Crippen LogP contribution in [0.4, 0.5) is 0 Å². The normalized spacial score (nSPS) is 54.6. The van der Waals surface area contributed by atoms with Crippen molar-refractivity contribution in [3.63, 3.8) is 0 Å². The first-order valence-electron chi connectivity index (χ1n) is 18.1. The molecule has 278 valence electrons. The van der Waals surface area contributed by atoms with Crippen LogP contribution < -0.4 is 0 Å². The van der Waals surface area contributed by atoms with Crippen molar-refractivity contribution in [1.82, 2.24) is 0 Å². The Balaban J connectivity index is 1.03. The first-order chi connectivity index (χ1) is 23.3. The Labute approximate surface area is 285 Å². The summed E-state index contributed by atoms with van der Waals surface area (Å²) in [6.45, 7) is 3.60. The van der Waals surface area contributed by atoms with E-state index in [4.69, 9.17) is 23.7 Å². The van der Waals surface area contributed by atoms with E-state index in [1.54, 1.807) is 0 Å². The summed E-state index contributed by atoms with van der Waals surface area (Å²) in [5.41, 5.74) is 1.07. The minimum Gasteiger partial charge on any atom is -0.461 e. The molecule has 3 saturated heterocycles. The zero-order valence-electron chi connectivity index (χ0n) is 28.3. The highest BCUT2D eigenvalue weighted by Gasteiger charge is 2.66. The molecule has 0 bridgehead atoms. The quantitative estimate of drug-likeness (QED) is 0.0986. The number of ether oxygens (including phenoxy) is 5. The number of carbonyl (C=O) groups excluding carboxylic acids is 1. The van der Waals surface area contributed by atoms with Crippen molar-refractivity contribution in [2.75, 3.05) is 19.8 Å². The molecule has 0 aromatic carbocycles. The van der Waals surface area contributed by atoms with Gasteiger partial charge in [0.25, 0.3) is 0 Å². The van der Waals surface area contributed by atoms with Gasteiger partial charge in [-0.2, -0.15) is 0 Å². The number of carbonyl (C=O) groups is 1. The van der Waals surface area contributed by atoms with Crippen LogP contribution in [0.2, 0.25) is 0 Å². The summed E-state index contributed by atoms with van der Waals surface area (Å²) in [4.78, 5) is 11.9. The summed E-state index contributed by atoms with van der Waals surface area (Å²) in [5, 5.41) is 85.1. The average molecular weight is 699 g/mol. The lowest BCUT2D eigenvalue weighted by molar-refractivity contribution is -0.365. The number of rotatable bonds is 6. The summed E-state index contributed by atoms with van der Waals surface area (Å²) in [7, 11) is 0. The second-order valence-corrected chi connectivity index (χ2v) is 16.2. The first kappa shape index (κ1) is 36.1. The third kappa shape index (κ3) is 5.73. The number of aliphatic hydroxyl groups excluding tert-OH is 7. The van der Waals surface area contributed by atoms with Crippen molar-refractivity contribution in [3.8, 4) is 0 Å². The molecule has 4 saturated carbocycles. The Morgan fingerprint density at radius 3 is 2.14 bits per heavy atom. The van der Waals surface area contributed by atoms with Crippen LogP contribution >= 0.6 is 0 Å².